The molecule has 1 aromatic heterocycles. The minimum Gasteiger partial charge on any atom is -0.493 e. The van der Waals surface area contributed by atoms with Gasteiger partial charge in [0.2, 0.25) is 12.3 Å². The third kappa shape index (κ3) is 2.29. The second kappa shape index (κ2) is 4.36. The Morgan fingerprint density at radius 1 is 1.64 bits per heavy atom. The lowest BCUT2D eigenvalue weighted by molar-refractivity contribution is 0.400. The van der Waals surface area contributed by atoms with Crippen molar-refractivity contribution in [1.82, 2.24) is 4.57 Å². The fraction of sp³-hybridized carbons (Fsp3) is 0.111. The first-order valence-corrected chi connectivity index (χ1v) is 3.90. The highest BCUT2D eigenvalue weighted by Gasteiger charge is 1.95. The van der Waals surface area contributed by atoms with E-state index in [4.69, 9.17) is 5.11 Å². The lowest BCUT2D eigenvalue weighted by atomic mass is 10.4. The maximum atomic E-state index is 12.7. The maximum Gasteiger partial charge on any atom is 0.219 e. The normalized spacial score (nSPS) is 13.0. The van der Waals surface area contributed by atoms with Crippen LogP contribution in [0.5, 0.6) is 0 Å². The highest BCUT2D eigenvalue weighted by Crippen LogP contribution is 1.91. The summed E-state index contributed by atoms with van der Waals surface area (Å²) in [5.74, 6) is -0.775. The van der Waals surface area contributed by atoms with Crippen molar-refractivity contribution >= 4 is 6.41 Å². The second-order valence-electron chi connectivity index (χ2n) is 2.48. The van der Waals surface area contributed by atoms with Crippen molar-refractivity contribution in [2.75, 3.05) is 0 Å². The van der Waals surface area contributed by atoms with Crippen LogP contribution in [-0.4, -0.2) is 16.1 Å². The van der Waals surface area contributed by atoms with Gasteiger partial charge in [0.1, 0.15) is 11.3 Å². The van der Waals surface area contributed by atoms with E-state index in [1.807, 2.05) is 0 Å². The number of carbonyl (C=O) groups is 1. The van der Waals surface area contributed by atoms with Gasteiger partial charge in [-0.3, -0.25) is 9.36 Å². The van der Waals surface area contributed by atoms with E-state index in [1.165, 1.54) is 12.1 Å². The Hall–Kier alpha value is -1.91. The van der Waals surface area contributed by atoms with Gasteiger partial charge in [0.05, 0.1) is 0 Å². The Balaban J connectivity index is 3.34. The van der Waals surface area contributed by atoms with Gasteiger partial charge in [0.25, 0.3) is 0 Å². The number of halogens is 1. The first kappa shape index (κ1) is 10.2. The summed E-state index contributed by atoms with van der Waals surface area (Å²) < 4.78 is 13.6. The van der Waals surface area contributed by atoms with Crippen molar-refractivity contribution in [3.8, 4) is 0 Å². The van der Waals surface area contributed by atoms with Crippen molar-refractivity contribution in [3.63, 3.8) is 0 Å². The molecule has 0 aliphatic carbocycles. The summed E-state index contributed by atoms with van der Waals surface area (Å²) in [6.45, 7) is 1.59. The number of aromatic nitrogens is 1. The van der Waals surface area contributed by atoms with Crippen molar-refractivity contribution in [2.45, 2.75) is 6.92 Å². The Labute approximate surface area is 79.6 Å². The van der Waals surface area contributed by atoms with Gasteiger partial charge in [-0.25, -0.2) is 4.39 Å². The molecule has 74 valence electrons. The van der Waals surface area contributed by atoms with E-state index in [-0.39, 0.29) is 11.4 Å². The van der Waals surface area contributed by atoms with Crippen LogP contribution in [0.4, 0.5) is 4.39 Å². The molecular weight excluding hydrogens is 187 g/mol. The van der Waals surface area contributed by atoms with Gasteiger partial charge < -0.3 is 5.11 Å². The number of rotatable bonds is 2. The monoisotopic (exact) mass is 196 g/mol. The molecule has 14 heavy (non-hydrogen) atoms. The average molecular weight is 196 g/mol. The van der Waals surface area contributed by atoms with Gasteiger partial charge in [-0.2, -0.15) is 4.99 Å². The molecule has 0 bridgehead atoms. The molecule has 0 amide bonds. The molecule has 0 spiro atoms. The molecule has 5 heteroatoms. The summed E-state index contributed by atoms with van der Waals surface area (Å²) >= 11 is 0. The molecule has 1 rings (SSSR count). The summed E-state index contributed by atoms with van der Waals surface area (Å²) in [5, 5.41) is 9.07. The van der Waals surface area contributed by atoms with E-state index in [0.717, 1.165) is 16.8 Å². The smallest absolute Gasteiger partial charge is 0.219 e. The van der Waals surface area contributed by atoms with E-state index < -0.39 is 5.82 Å². The summed E-state index contributed by atoms with van der Waals surface area (Å²) in [7, 11) is 0. The first-order chi connectivity index (χ1) is 6.67. The minimum atomic E-state index is -0.545. The zero-order chi connectivity index (χ0) is 10.6. The molecule has 1 N–H and O–H groups in total. The largest absolute Gasteiger partial charge is 0.493 e. The molecule has 0 fully saturated rings. The van der Waals surface area contributed by atoms with Crippen LogP contribution in [0.2, 0.25) is 0 Å². The van der Waals surface area contributed by atoms with Crippen molar-refractivity contribution < 1.29 is 14.3 Å². The summed E-state index contributed by atoms with van der Waals surface area (Å²) in [5.41, 5.74) is 0.164. The van der Waals surface area contributed by atoms with E-state index in [2.05, 4.69) is 4.99 Å². The van der Waals surface area contributed by atoms with Crippen molar-refractivity contribution in [1.29, 1.82) is 0 Å². The molecule has 0 aromatic carbocycles. The molecule has 0 aliphatic rings. The zero-order valence-electron chi connectivity index (χ0n) is 7.51. The van der Waals surface area contributed by atoms with Crippen molar-refractivity contribution in [3.05, 3.63) is 41.6 Å². The number of pyridine rings is 1. The minimum absolute atomic E-state index is 0.164. The van der Waals surface area contributed by atoms with Crippen LogP contribution < -0.4 is 5.49 Å². The first-order valence-electron chi connectivity index (χ1n) is 3.90. The van der Waals surface area contributed by atoms with Gasteiger partial charge in [-0.1, -0.05) is 0 Å². The van der Waals surface area contributed by atoms with E-state index >= 15 is 0 Å². The van der Waals surface area contributed by atoms with Gasteiger partial charge >= 0.3 is 0 Å². The molecule has 0 atom stereocenters. The summed E-state index contributed by atoms with van der Waals surface area (Å²) in [6.07, 6.45) is 2.75. The Kier molecular flexibility index (Phi) is 3.17. The van der Waals surface area contributed by atoms with Crippen LogP contribution in [0.15, 0.2) is 35.3 Å². The van der Waals surface area contributed by atoms with Crippen LogP contribution in [0.3, 0.4) is 0 Å². The molecule has 0 unspecified atom stereocenters. The number of carbonyl (C=O) groups excluding carboxylic acids is 1. The Morgan fingerprint density at radius 2 is 2.36 bits per heavy atom. The average Bonchev–Trinajstić information content (AvgIpc) is 2.20. The molecule has 1 aromatic rings. The van der Waals surface area contributed by atoms with E-state index in [0.29, 0.717) is 6.41 Å². The predicted molar refractivity (Wildman–Crippen MR) is 48.5 cm³/mol. The fourth-order valence-electron chi connectivity index (χ4n) is 0.844. The van der Waals surface area contributed by atoms with Crippen LogP contribution in [0.1, 0.15) is 6.92 Å². The standard InChI is InChI=1S/C9H9FN2O2/c1-2-9(14)11-8-4-3-7(10)5-12(8)6-13/h2-6,14H,1H3/b9-2+,11-8-. The molecular formula is C9H9FN2O2. The predicted octanol–water partition coefficient (Wildman–Crippen LogP) is 0.986. The van der Waals surface area contributed by atoms with Crippen LogP contribution >= 0.6 is 0 Å². The molecule has 0 saturated heterocycles. The van der Waals surface area contributed by atoms with Gasteiger partial charge in [0.15, 0.2) is 0 Å². The third-order valence-electron chi connectivity index (χ3n) is 1.52. The topological polar surface area (TPSA) is 54.6 Å². The number of allylic oxidation sites excluding steroid dienone is 1. The SMILES string of the molecule is C/C=C(O)\N=c1\ccc(F)cn1C=O. The van der Waals surface area contributed by atoms with Crippen LogP contribution in [-0.2, 0) is 4.79 Å². The number of hydrogen-bond acceptors (Lipinski definition) is 3. The lowest BCUT2D eigenvalue weighted by Crippen LogP contribution is -2.20. The molecule has 1 heterocycles. The number of nitrogens with zero attached hydrogens (tertiary/aromatic N) is 2. The Morgan fingerprint density at radius 3 is 2.93 bits per heavy atom. The highest BCUT2D eigenvalue weighted by molar-refractivity contribution is 5.51. The number of hydrogen-bond donors (Lipinski definition) is 1. The molecule has 0 aliphatic heterocycles. The molecule has 0 radical (unpaired) electrons. The summed E-state index contributed by atoms with van der Waals surface area (Å²) in [4.78, 5) is 14.2. The lowest BCUT2D eigenvalue weighted by Gasteiger charge is -1.97. The molecule has 0 saturated carbocycles. The van der Waals surface area contributed by atoms with Gasteiger partial charge in [0, 0.05) is 6.20 Å². The van der Waals surface area contributed by atoms with Gasteiger partial charge in [-0.05, 0) is 25.1 Å². The number of aliphatic hydroxyl groups excluding tert-OH is 1. The zero-order valence-corrected chi connectivity index (χ0v) is 7.51. The van der Waals surface area contributed by atoms with Crippen LogP contribution in [0.25, 0.3) is 0 Å². The molecule has 4 nitrogen and oxygen atoms in total. The quantitative estimate of drug-likeness (QED) is 0.566. The Bertz CT molecular complexity index is 435. The van der Waals surface area contributed by atoms with E-state index in [1.54, 1.807) is 6.92 Å². The van der Waals surface area contributed by atoms with Crippen molar-refractivity contribution in [2.24, 2.45) is 4.99 Å². The van der Waals surface area contributed by atoms with Crippen LogP contribution in [0, 0.1) is 5.82 Å². The fourth-order valence-corrected chi connectivity index (χ4v) is 0.844. The third-order valence-corrected chi connectivity index (χ3v) is 1.52. The maximum absolute atomic E-state index is 12.7. The van der Waals surface area contributed by atoms with E-state index in [9.17, 15) is 9.18 Å². The highest BCUT2D eigenvalue weighted by atomic mass is 19.1. The van der Waals surface area contributed by atoms with Gasteiger partial charge in [-0.15, -0.1) is 0 Å². The number of aliphatic hydroxyl groups is 1. The summed E-state index contributed by atoms with van der Waals surface area (Å²) in [6, 6.07) is 2.45. The second-order valence-corrected chi connectivity index (χ2v) is 2.48.